The summed E-state index contributed by atoms with van der Waals surface area (Å²) in [6, 6.07) is 18.1. The van der Waals surface area contributed by atoms with Gasteiger partial charge in [-0.3, -0.25) is 4.79 Å². The number of nitrogens with zero attached hydrogens (tertiary/aromatic N) is 3. The van der Waals surface area contributed by atoms with Gasteiger partial charge in [0.15, 0.2) is 0 Å². The van der Waals surface area contributed by atoms with E-state index in [2.05, 4.69) is 33.6 Å². The van der Waals surface area contributed by atoms with Gasteiger partial charge >= 0.3 is 0 Å². The van der Waals surface area contributed by atoms with E-state index in [1.54, 1.807) is 6.33 Å². The Labute approximate surface area is 163 Å². The first-order valence-corrected chi connectivity index (χ1v) is 9.47. The third-order valence-electron chi connectivity index (χ3n) is 4.78. The predicted molar refractivity (Wildman–Crippen MR) is 112 cm³/mol. The lowest BCUT2D eigenvalue weighted by Crippen LogP contribution is -2.29. The number of amides is 1. The quantitative estimate of drug-likeness (QED) is 0.486. The van der Waals surface area contributed by atoms with Crippen molar-refractivity contribution in [2.75, 3.05) is 18.4 Å². The minimum absolute atomic E-state index is 0.0298. The maximum atomic E-state index is 12.1. The van der Waals surface area contributed by atoms with Crippen LogP contribution in [0.15, 0.2) is 60.9 Å². The monoisotopic (exact) mass is 373 g/mol. The van der Waals surface area contributed by atoms with Crippen molar-refractivity contribution in [3.63, 3.8) is 0 Å². The number of para-hydroxylation sites is 3. The fourth-order valence-electron chi connectivity index (χ4n) is 3.33. The van der Waals surface area contributed by atoms with E-state index in [1.165, 1.54) is 5.56 Å². The zero-order valence-corrected chi connectivity index (χ0v) is 15.9. The van der Waals surface area contributed by atoms with Gasteiger partial charge in [0.1, 0.15) is 5.82 Å². The molecule has 0 aliphatic carbocycles. The number of rotatable bonds is 7. The van der Waals surface area contributed by atoms with E-state index in [9.17, 15) is 4.79 Å². The molecule has 0 radical (unpaired) electrons. The molecule has 2 heterocycles. The average Bonchev–Trinajstić information content (AvgIpc) is 3.13. The molecular formula is C22H23N5O. The standard InChI is InChI=1S/C22H23N5O/c1-16-14-21(26-18-7-3-2-6-17(16)18)23-11-12-24-22(28)10-13-27-15-25-19-8-4-5-9-20(19)27/h2-9,14-15H,10-13H2,1H3,(H,23,26)(H,24,28). The maximum absolute atomic E-state index is 12.1. The molecule has 28 heavy (non-hydrogen) atoms. The van der Waals surface area contributed by atoms with Crippen molar-refractivity contribution in [3.05, 3.63) is 66.5 Å². The molecule has 0 saturated heterocycles. The van der Waals surface area contributed by atoms with E-state index in [4.69, 9.17) is 0 Å². The molecular weight excluding hydrogens is 350 g/mol. The number of benzene rings is 2. The van der Waals surface area contributed by atoms with Crippen molar-refractivity contribution in [1.29, 1.82) is 0 Å². The van der Waals surface area contributed by atoms with Crippen LogP contribution < -0.4 is 10.6 Å². The van der Waals surface area contributed by atoms with Gasteiger partial charge in [-0.1, -0.05) is 30.3 Å². The van der Waals surface area contributed by atoms with Crippen LogP contribution in [0.2, 0.25) is 0 Å². The summed E-state index contributed by atoms with van der Waals surface area (Å²) in [7, 11) is 0. The molecule has 0 bridgehead atoms. The Morgan fingerprint density at radius 2 is 1.82 bits per heavy atom. The van der Waals surface area contributed by atoms with Crippen molar-refractivity contribution < 1.29 is 4.79 Å². The molecule has 2 aromatic carbocycles. The molecule has 2 aromatic heterocycles. The molecule has 0 fully saturated rings. The Balaban J connectivity index is 1.24. The minimum atomic E-state index is 0.0298. The van der Waals surface area contributed by atoms with Crippen molar-refractivity contribution >= 4 is 33.7 Å². The second kappa shape index (κ2) is 8.08. The highest BCUT2D eigenvalue weighted by molar-refractivity contribution is 5.83. The average molecular weight is 373 g/mol. The van der Waals surface area contributed by atoms with Gasteiger partial charge in [-0.25, -0.2) is 9.97 Å². The van der Waals surface area contributed by atoms with Gasteiger partial charge in [0.2, 0.25) is 5.91 Å². The molecule has 6 nitrogen and oxygen atoms in total. The molecule has 2 N–H and O–H groups in total. The topological polar surface area (TPSA) is 71.8 Å². The van der Waals surface area contributed by atoms with Gasteiger partial charge in [0.25, 0.3) is 0 Å². The Kier molecular flexibility index (Phi) is 5.19. The predicted octanol–water partition coefficient (Wildman–Crippen LogP) is 3.51. The highest BCUT2D eigenvalue weighted by atomic mass is 16.1. The van der Waals surface area contributed by atoms with E-state index in [0.29, 0.717) is 26.1 Å². The fourth-order valence-corrected chi connectivity index (χ4v) is 3.33. The molecule has 0 aliphatic rings. The Morgan fingerprint density at radius 1 is 1.04 bits per heavy atom. The lowest BCUT2D eigenvalue weighted by molar-refractivity contribution is -0.121. The van der Waals surface area contributed by atoms with Gasteiger partial charge in [0, 0.05) is 31.4 Å². The van der Waals surface area contributed by atoms with Crippen molar-refractivity contribution in [2.24, 2.45) is 0 Å². The number of aryl methyl sites for hydroxylation is 2. The summed E-state index contributed by atoms with van der Waals surface area (Å²) in [5, 5.41) is 7.40. The van der Waals surface area contributed by atoms with Gasteiger partial charge in [-0.15, -0.1) is 0 Å². The molecule has 142 valence electrons. The largest absolute Gasteiger partial charge is 0.368 e. The highest BCUT2D eigenvalue weighted by Gasteiger charge is 2.06. The van der Waals surface area contributed by atoms with Crippen LogP contribution in [0.3, 0.4) is 0 Å². The Bertz CT molecular complexity index is 1120. The van der Waals surface area contributed by atoms with Gasteiger partial charge in [-0.2, -0.15) is 0 Å². The smallest absolute Gasteiger partial charge is 0.221 e. The molecule has 0 aliphatic heterocycles. The number of carbonyl (C=O) groups excluding carboxylic acids is 1. The van der Waals surface area contributed by atoms with Crippen LogP contribution in [0.5, 0.6) is 0 Å². The number of imidazole rings is 1. The summed E-state index contributed by atoms with van der Waals surface area (Å²) < 4.78 is 2.01. The second-order valence-corrected chi connectivity index (χ2v) is 6.79. The summed E-state index contributed by atoms with van der Waals surface area (Å²) in [5.74, 6) is 0.859. The Morgan fingerprint density at radius 3 is 2.71 bits per heavy atom. The Hall–Kier alpha value is -3.41. The number of nitrogens with one attached hydrogen (secondary N) is 2. The van der Waals surface area contributed by atoms with Crippen LogP contribution in [0.1, 0.15) is 12.0 Å². The van der Waals surface area contributed by atoms with E-state index in [1.807, 2.05) is 53.1 Å². The highest BCUT2D eigenvalue weighted by Crippen LogP contribution is 2.19. The SMILES string of the molecule is Cc1cc(NCCNC(=O)CCn2cnc3ccccc32)nc2ccccc12. The zero-order chi connectivity index (χ0) is 19.3. The second-order valence-electron chi connectivity index (χ2n) is 6.79. The molecule has 4 aromatic rings. The third-order valence-corrected chi connectivity index (χ3v) is 4.78. The number of anilines is 1. The molecule has 0 spiro atoms. The first kappa shape index (κ1) is 18.0. The molecule has 1 amide bonds. The number of carbonyl (C=O) groups is 1. The molecule has 0 atom stereocenters. The van der Waals surface area contributed by atoms with E-state index in [-0.39, 0.29) is 5.91 Å². The van der Waals surface area contributed by atoms with Crippen LogP contribution in [0, 0.1) is 6.92 Å². The molecule has 4 rings (SSSR count). The van der Waals surface area contributed by atoms with Crippen LogP contribution in [0.25, 0.3) is 21.9 Å². The summed E-state index contributed by atoms with van der Waals surface area (Å²) in [4.78, 5) is 21.1. The van der Waals surface area contributed by atoms with E-state index < -0.39 is 0 Å². The fraction of sp³-hybridized carbons (Fsp3) is 0.227. The number of fused-ring (bicyclic) bond motifs is 2. The molecule has 6 heteroatoms. The lowest BCUT2D eigenvalue weighted by atomic mass is 10.1. The van der Waals surface area contributed by atoms with E-state index >= 15 is 0 Å². The van der Waals surface area contributed by atoms with Gasteiger partial charge in [0.05, 0.1) is 22.9 Å². The zero-order valence-electron chi connectivity index (χ0n) is 15.9. The normalized spacial score (nSPS) is 11.0. The number of pyridine rings is 1. The first-order chi connectivity index (χ1) is 13.7. The van der Waals surface area contributed by atoms with Gasteiger partial charge < -0.3 is 15.2 Å². The molecule has 0 saturated carbocycles. The first-order valence-electron chi connectivity index (χ1n) is 9.47. The lowest BCUT2D eigenvalue weighted by Gasteiger charge is -2.10. The van der Waals surface area contributed by atoms with E-state index in [0.717, 1.165) is 27.8 Å². The number of hydrogen-bond donors (Lipinski definition) is 2. The van der Waals surface area contributed by atoms with Gasteiger partial charge in [-0.05, 0) is 36.8 Å². The van der Waals surface area contributed by atoms with Crippen LogP contribution in [-0.2, 0) is 11.3 Å². The third kappa shape index (κ3) is 3.96. The minimum Gasteiger partial charge on any atom is -0.368 e. The van der Waals surface area contributed by atoms with Crippen LogP contribution in [-0.4, -0.2) is 33.5 Å². The molecule has 0 unspecified atom stereocenters. The van der Waals surface area contributed by atoms with Crippen molar-refractivity contribution in [2.45, 2.75) is 19.9 Å². The van der Waals surface area contributed by atoms with Crippen molar-refractivity contribution in [1.82, 2.24) is 19.9 Å². The maximum Gasteiger partial charge on any atom is 0.221 e. The summed E-state index contributed by atoms with van der Waals surface area (Å²) in [6.45, 7) is 3.88. The van der Waals surface area contributed by atoms with Crippen LogP contribution >= 0.6 is 0 Å². The summed E-state index contributed by atoms with van der Waals surface area (Å²) in [5.41, 5.74) is 4.16. The summed E-state index contributed by atoms with van der Waals surface area (Å²) in [6.07, 6.45) is 2.21. The number of hydrogen-bond acceptors (Lipinski definition) is 4. The summed E-state index contributed by atoms with van der Waals surface area (Å²) >= 11 is 0. The number of aromatic nitrogens is 3. The van der Waals surface area contributed by atoms with Crippen molar-refractivity contribution in [3.8, 4) is 0 Å². The van der Waals surface area contributed by atoms with Crippen LogP contribution in [0.4, 0.5) is 5.82 Å².